The molecule has 4 nitrogen and oxygen atoms in total. The van der Waals surface area contributed by atoms with Crippen molar-refractivity contribution < 1.29 is 9.47 Å². The maximum Gasteiger partial charge on any atom is 0.127 e. The molecule has 0 aliphatic rings. The average Bonchev–Trinajstić information content (AvgIpc) is 2.49. The number of pyridine rings is 1. The van der Waals surface area contributed by atoms with E-state index in [1.54, 1.807) is 20.4 Å². The van der Waals surface area contributed by atoms with Crippen LogP contribution in [-0.4, -0.2) is 26.3 Å². The van der Waals surface area contributed by atoms with Crippen molar-refractivity contribution in [2.24, 2.45) is 0 Å². The third kappa shape index (κ3) is 2.60. The Labute approximate surface area is 119 Å². The number of hydrogen-bond acceptors (Lipinski definition) is 4. The molecular formula is C16H20N2O2. The second-order valence-corrected chi connectivity index (χ2v) is 4.53. The Morgan fingerprint density at radius 3 is 2.25 bits per heavy atom. The minimum atomic E-state index is -0.0101. The lowest BCUT2D eigenvalue weighted by Crippen LogP contribution is -2.20. The summed E-state index contributed by atoms with van der Waals surface area (Å²) in [5.41, 5.74) is 3.28. The molecule has 0 amide bonds. The topological polar surface area (TPSA) is 43.4 Å². The molecule has 0 fully saturated rings. The maximum atomic E-state index is 5.50. The van der Waals surface area contributed by atoms with Crippen LogP contribution >= 0.6 is 0 Å². The Kier molecular flexibility index (Phi) is 4.58. The molecule has 0 aliphatic carbocycles. The van der Waals surface area contributed by atoms with E-state index in [4.69, 9.17) is 9.47 Å². The molecule has 0 spiro atoms. The second-order valence-electron chi connectivity index (χ2n) is 4.53. The number of nitrogens with zero attached hydrogens (tertiary/aromatic N) is 1. The van der Waals surface area contributed by atoms with Crippen LogP contribution in [0.1, 0.15) is 22.7 Å². The van der Waals surface area contributed by atoms with E-state index in [1.165, 1.54) is 0 Å². The molecule has 2 aromatic rings. The molecule has 0 saturated carbocycles. The highest BCUT2D eigenvalue weighted by Crippen LogP contribution is 2.37. The minimum Gasteiger partial charge on any atom is -0.496 e. The zero-order valence-corrected chi connectivity index (χ0v) is 12.3. The van der Waals surface area contributed by atoms with Gasteiger partial charge in [-0.1, -0.05) is 6.07 Å². The predicted molar refractivity (Wildman–Crippen MR) is 79.4 cm³/mol. The lowest BCUT2D eigenvalue weighted by atomic mass is 9.95. The third-order valence-corrected chi connectivity index (χ3v) is 3.42. The molecule has 0 radical (unpaired) electrons. The summed E-state index contributed by atoms with van der Waals surface area (Å²) in [5.74, 6) is 1.61. The second kappa shape index (κ2) is 6.39. The number of aryl methyl sites for hydroxylation is 1. The van der Waals surface area contributed by atoms with E-state index >= 15 is 0 Å². The van der Waals surface area contributed by atoms with Gasteiger partial charge in [0.25, 0.3) is 0 Å². The number of benzene rings is 1. The van der Waals surface area contributed by atoms with Crippen molar-refractivity contribution in [1.82, 2.24) is 10.3 Å². The van der Waals surface area contributed by atoms with Crippen LogP contribution in [0.15, 0.2) is 36.7 Å². The van der Waals surface area contributed by atoms with Gasteiger partial charge in [0.05, 0.1) is 25.8 Å². The third-order valence-electron chi connectivity index (χ3n) is 3.42. The molecule has 2 rings (SSSR count). The monoisotopic (exact) mass is 272 g/mol. The normalized spacial score (nSPS) is 12.0. The van der Waals surface area contributed by atoms with Gasteiger partial charge in [-0.25, -0.2) is 0 Å². The van der Waals surface area contributed by atoms with Crippen molar-refractivity contribution in [2.45, 2.75) is 13.0 Å². The van der Waals surface area contributed by atoms with Gasteiger partial charge in [-0.2, -0.15) is 0 Å². The lowest BCUT2D eigenvalue weighted by molar-refractivity contribution is 0.378. The van der Waals surface area contributed by atoms with Crippen LogP contribution in [-0.2, 0) is 0 Å². The van der Waals surface area contributed by atoms with Crippen molar-refractivity contribution >= 4 is 0 Å². The van der Waals surface area contributed by atoms with Crippen LogP contribution in [0.2, 0.25) is 0 Å². The number of ether oxygens (including phenoxy) is 2. The molecule has 20 heavy (non-hydrogen) atoms. The SMILES string of the molecule is CNC(c1ccncc1C)c1c(OC)cccc1OC. The van der Waals surface area contributed by atoms with Crippen molar-refractivity contribution in [2.75, 3.05) is 21.3 Å². The largest absolute Gasteiger partial charge is 0.496 e. The van der Waals surface area contributed by atoms with E-state index in [-0.39, 0.29) is 6.04 Å². The van der Waals surface area contributed by atoms with Gasteiger partial charge in [0.15, 0.2) is 0 Å². The minimum absolute atomic E-state index is 0.0101. The van der Waals surface area contributed by atoms with E-state index in [1.807, 2.05) is 37.5 Å². The molecule has 0 saturated heterocycles. The summed E-state index contributed by atoms with van der Waals surface area (Å²) in [5, 5.41) is 3.34. The van der Waals surface area contributed by atoms with Crippen LogP contribution in [0.5, 0.6) is 11.5 Å². The summed E-state index contributed by atoms with van der Waals surface area (Å²) in [6, 6.07) is 7.82. The zero-order valence-electron chi connectivity index (χ0n) is 12.3. The van der Waals surface area contributed by atoms with Gasteiger partial charge in [-0.05, 0) is 43.3 Å². The van der Waals surface area contributed by atoms with E-state index in [0.29, 0.717) is 0 Å². The first-order valence-electron chi connectivity index (χ1n) is 6.51. The summed E-state index contributed by atoms with van der Waals surface area (Å²) < 4.78 is 11.0. The Balaban J connectivity index is 2.60. The van der Waals surface area contributed by atoms with E-state index in [9.17, 15) is 0 Å². The summed E-state index contributed by atoms with van der Waals surface area (Å²) in [6.07, 6.45) is 3.66. The van der Waals surface area contributed by atoms with Crippen LogP contribution in [0.3, 0.4) is 0 Å². The van der Waals surface area contributed by atoms with E-state index in [2.05, 4.69) is 17.2 Å². The number of hydrogen-bond donors (Lipinski definition) is 1. The molecular weight excluding hydrogens is 252 g/mol. The summed E-state index contributed by atoms with van der Waals surface area (Å²) in [7, 11) is 5.27. The first-order chi connectivity index (χ1) is 9.72. The van der Waals surface area contributed by atoms with Crippen LogP contribution < -0.4 is 14.8 Å². The molecule has 1 unspecified atom stereocenters. The van der Waals surface area contributed by atoms with Gasteiger partial charge in [-0.3, -0.25) is 4.98 Å². The van der Waals surface area contributed by atoms with Crippen molar-refractivity contribution in [3.8, 4) is 11.5 Å². The zero-order chi connectivity index (χ0) is 14.5. The Morgan fingerprint density at radius 1 is 1.10 bits per heavy atom. The smallest absolute Gasteiger partial charge is 0.127 e. The molecule has 1 aromatic carbocycles. The predicted octanol–water partition coefficient (Wildman–Crippen LogP) is 2.72. The summed E-state index contributed by atoms with van der Waals surface area (Å²) in [4.78, 5) is 4.15. The highest BCUT2D eigenvalue weighted by Gasteiger charge is 2.22. The van der Waals surface area contributed by atoms with Gasteiger partial charge in [-0.15, -0.1) is 0 Å². The van der Waals surface area contributed by atoms with Crippen molar-refractivity contribution in [3.05, 3.63) is 53.3 Å². The molecule has 4 heteroatoms. The molecule has 1 N–H and O–H groups in total. The van der Waals surface area contributed by atoms with Gasteiger partial charge >= 0.3 is 0 Å². The van der Waals surface area contributed by atoms with Crippen LogP contribution in [0.4, 0.5) is 0 Å². The fourth-order valence-corrected chi connectivity index (χ4v) is 2.43. The van der Waals surface area contributed by atoms with Crippen LogP contribution in [0, 0.1) is 6.92 Å². The fourth-order valence-electron chi connectivity index (χ4n) is 2.43. The molecule has 1 atom stereocenters. The van der Waals surface area contributed by atoms with E-state index < -0.39 is 0 Å². The summed E-state index contributed by atoms with van der Waals surface area (Å²) in [6.45, 7) is 2.05. The maximum absolute atomic E-state index is 5.50. The van der Waals surface area contributed by atoms with Gasteiger partial charge in [0.1, 0.15) is 11.5 Å². The van der Waals surface area contributed by atoms with Crippen molar-refractivity contribution in [1.29, 1.82) is 0 Å². The van der Waals surface area contributed by atoms with Crippen molar-refractivity contribution in [3.63, 3.8) is 0 Å². The molecule has 1 aromatic heterocycles. The standard InChI is InChI=1S/C16H20N2O2/c1-11-10-18-9-8-12(11)16(17-2)15-13(19-3)6-5-7-14(15)20-4/h5-10,16-17H,1-4H3. The summed E-state index contributed by atoms with van der Waals surface area (Å²) >= 11 is 0. The molecule has 0 aliphatic heterocycles. The fraction of sp³-hybridized carbons (Fsp3) is 0.312. The first-order valence-corrected chi connectivity index (χ1v) is 6.51. The van der Waals surface area contributed by atoms with E-state index in [0.717, 1.165) is 28.2 Å². The van der Waals surface area contributed by atoms with Gasteiger partial charge < -0.3 is 14.8 Å². The highest BCUT2D eigenvalue weighted by molar-refractivity contribution is 5.51. The Morgan fingerprint density at radius 2 is 1.75 bits per heavy atom. The molecule has 106 valence electrons. The van der Waals surface area contributed by atoms with Gasteiger partial charge in [0, 0.05) is 12.4 Å². The lowest BCUT2D eigenvalue weighted by Gasteiger charge is -2.23. The Bertz CT molecular complexity index is 562. The Hall–Kier alpha value is -2.07. The quantitative estimate of drug-likeness (QED) is 0.909. The van der Waals surface area contributed by atoms with Gasteiger partial charge in [0.2, 0.25) is 0 Å². The van der Waals surface area contributed by atoms with Crippen LogP contribution in [0.25, 0.3) is 0 Å². The number of methoxy groups -OCH3 is 2. The number of aromatic nitrogens is 1. The first kappa shape index (κ1) is 14.3. The highest BCUT2D eigenvalue weighted by atomic mass is 16.5. The molecule has 1 heterocycles. The number of nitrogens with one attached hydrogen (secondary N) is 1. The number of rotatable bonds is 5. The average molecular weight is 272 g/mol. The molecule has 0 bridgehead atoms.